The highest BCUT2D eigenvalue weighted by molar-refractivity contribution is 6.31. The van der Waals surface area contributed by atoms with E-state index in [0.717, 1.165) is 6.07 Å². The van der Waals surface area contributed by atoms with Crippen molar-refractivity contribution < 1.29 is 13.6 Å². The summed E-state index contributed by atoms with van der Waals surface area (Å²) in [6.07, 6.45) is 0. The van der Waals surface area contributed by atoms with E-state index in [1.807, 2.05) is 0 Å². The van der Waals surface area contributed by atoms with Crippen LogP contribution in [0.1, 0.15) is 15.9 Å². The molecule has 0 unspecified atom stereocenters. The Labute approximate surface area is 107 Å². The summed E-state index contributed by atoms with van der Waals surface area (Å²) < 4.78 is 26.6. The van der Waals surface area contributed by atoms with Crippen molar-refractivity contribution in [2.24, 2.45) is 0 Å². The molecule has 0 amide bonds. The lowest BCUT2D eigenvalue weighted by Crippen LogP contribution is -2.08. The van der Waals surface area contributed by atoms with Crippen LogP contribution in [0.25, 0.3) is 0 Å². The van der Waals surface area contributed by atoms with Gasteiger partial charge < -0.3 is 5.73 Å². The van der Waals surface area contributed by atoms with Crippen LogP contribution in [0.4, 0.5) is 14.5 Å². The Hall–Kier alpha value is -1.94. The first-order chi connectivity index (χ1) is 8.50. The predicted molar refractivity (Wildman–Crippen MR) is 65.7 cm³/mol. The molecule has 0 saturated heterocycles. The number of nitrogens with two attached hydrogens (primary N) is 1. The number of nitrogen functional groups attached to an aromatic ring is 1. The van der Waals surface area contributed by atoms with Crippen LogP contribution in [0.2, 0.25) is 5.02 Å². The molecule has 0 aliphatic carbocycles. The summed E-state index contributed by atoms with van der Waals surface area (Å²) in [7, 11) is 0. The fraction of sp³-hybridized carbons (Fsp3) is 0. The summed E-state index contributed by atoms with van der Waals surface area (Å²) in [5.41, 5.74) is 5.46. The fourth-order valence-corrected chi connectivity index (χ4v) is 1.72. The molecule has 0 bridgehead atoms. The summed E-state index contributed by atoms with van der Waals surface area (Å²) in [6.45, 7) is 0. The van der Waals surface area contributed by atoms with Crippen LogP contribution < -0.4 is 5.73 Å². The van der Waals surface area contributed by atoms with Crippen molar-refractivity contribution in [3.63, 3.8) is 0 Å². The minimum atomic E-state index is -1.19. The number of ketones is 1. The van der Waals surface area contributed by atoms with Gasteiger partial charge in [-0.1, -0.05) is 17.7 Å². The molecule has 0 fully saturated rings. The number of anilines is 1. The molecular weight excluding hydrogens is 260 g/mol. The van der Waals surface area contributed by atoms with Crippen molar-refractivity contribution in [2.45, 2.75) is 0 Å². The van der Waals surface area contributed by atoms with Crippen LogP contribution in [0.15, 0.2) is 36.4 Å². The van der Waals surface area contributed by atoms with E-state index < -0.39 is 17.4 Å². The van der Waals surface area contributed by atoms with Gasteiger partial charge in [0.2, 0.25) is 0 Å². The third-order valence-electron chi connectivity index (χ3n) is 2.46. The smallest absolute Gasteiger partial charge is 0.198 e. The van der Waals surface area contributed by atoms with Crippen LogP contribution in [-0.2, 0) is 0 Å². The minimum absolute atomic E-state index is 0.0481. The molecule has 92 valence electrons. The van der Waals surface area contributed by atoms with Gasteiger partial charge in [0.05, 0.1) is 5.56 Å². The third-order valence-corrected chi connectivity index (χ3v) is 2.69. The molecule has 2 rings (SSSR count). The molecule has 0 saturated carbocycles. The molecule has 0 spiro atoms. The quantitative estimate of drug-likeness (QED) is 0.669. The molecule has 2 aromatic rings. The Bertz CT molecular complexity index is 624. The average molecular weight is 268 g/mol. The van der Waals surface area contributed by atoms with Crippen LogP contribution in [0, 0.1) is 11.6 Å². The summed E-state index contributed by atoms with van der Waals surface area (Å²) in [4.78, 5) is 12.0. The summed E-state index contributed by atoms with van der Waals surface area (Å²) >= 11 is 5.74. The lowest BCUT2D eigenvalue weighted by atomic mass is 10.0. The van der Waals surface area contributed by atoms with Crippen LogP contribution >= 0.6 is 11.6 Å². The minimum Gasteiger partial charge on any atom is -0.398 e. The standard InChI is InChI=1S/C13H8ClF2NO/c14-7-4-5-11(17)9(6-7)13(18)8-2-1-3-10(15)12(8)16/h1-6H,17H2. The van der Waals surface area contributed by atoms with E-state index in [9.17, 15) is 13.6 Å². The molecular formula is C13H8ClF2NO. The lowest BCUT2D eigenvalue weighted by molar-refractivity contribution is 0.103. The van der Waals surface area contributed by atoms with Gasteiger partial charge in [-0.25, -0.2) is 8.78 Å². The Kier molecular flexibility index (Phi) is 3.30. The van der Waals surface area contributed by atoms with Crippen molar-refractivity contribution in [3.8, 4) is 0 Å². The lowest BCUT2D eigenvalue weighted by Gasteiger charge is -2.06. The van der Waals surface area contributed by atoms with Crippen molar-refractivity contribution in [2.75, 3.05) is 5.73 Å². The SMILES string of the molecule is Nc1ccc(Cl)cc1C(=O)c1cccc(F)c1F. The second-order valence-electron chi connectivity index (χ2n) is 3.66. The molecule has 5 heteroatoms. The zero-order valence-corrected chi connectivity index (χ0v) is 9.84. The van der Waals surface area contributed by atoms with Crippen molar-refractivity contribution >= 4 is 23.1 Å². The highest BCUT2D eigenvalue weighted by Gasteiger charge is 2.18. The molecule has 18 heavy (non-hydrogen) atoms. The fourth-order valence-electron chi connectivity index (χ4n) is 1.55. The number of hydrogen-bond acceptors (Lipinski definition) is 2. The Balaban J connectivity index is 2.55. The molecule has 0 aromatic heterocycles. The third kappa shape index (κ3) is 2.19. The number of hydrogen-bond donors (Lipinski definition) is 1. The van der Waals surface area contributed by atoms with E-state index in [2.05, 4.69) is 0 Å². The normalized spacial score (nSPS) is 10.4. The first-order valence-corrected chi connectivity index (χ1v) is 5.42. The van der Waals surface area contributed by atoms with E-state index in [0.29, 0.717) is 5.02 Å². The molecule has 0 atom stereocenters. The molecule has 2 N–H and O–H groups in total. The molecule has 2 aromatic carbocycles. The number of benzene rings is 2. The molecule has 0 heterocycles. The first-order valence-electron chi connectivity index (χ1n) is 5.04. The van der Waals surface area contributed by atoms with Gasteiger partial charge in [-0.05, 0) is 30.3 Å². The largest absolute Gasteiger partial charge is 0.398 e. The second-order valence-corrected chi connectivity index (χ2v) is 4.10. The van der Waals surface area contributed by atoms with Gasteiger partial charge in [-0.15, -0.1) is 0 Å². The second kappa shape index (κ2) is 4.74. The first kappa shape index (κ1) is 12.5. The average Bonchev–Trinajstić information content (AvgIpc) is 2.35. The maximum absolute atomic E-state index is 13.5. The monoisotopic (exact) mass is 267 g/mol. The number of carbonyl (C=O) groups excluding carboxylic acids is 1. The zero-order valence-electron chi connectivity index (χ0n) is 9.08. The molecule has 0 radical (unpaired) electrons. The van der Waals surface area contributed by atoms with Crippen molar-refractivity contribution in [3.05, 3.63) is 64.2 Å². The molecule has 2 nitrogen and oxygen atoms in total. The maximum atomic E-state index is 13.5. The van der Waals surface area contributed by atoms with Gasteiger partial charge in [0.1, 0.15) is 0 Å². The van der Waals surface area contributed by atoms with E-state index >= 15 is 0 Å². The Morgan fingerprint density at radius 1 is 1.11 bits per heavy atom. The van der Waals surface area contributed by atoms with E-state index in [1.165, 1.54) is 30.3 Å². The number of rotatable bonds is 2. The van der Waals surface area contributed by atoms with Gasteiger partial charge in [0.25, 0.3) is 0 Å². The zero-order chi connectivity index (χ0) is 13.3. The van der Waals surface area contributed by atoms with Gasteiger partial charge in [0.15, 0.2) is 17.4 Å². The van der Waals surface area contributed by atoms with Crippen LogP contribution in [0.5, 0.6) is 0 Å². The van der Waals surface area contributed by atoms with Gasteiger partial charge in [0, 0.05) is 16.3 Å². The van der Waals surface area contributed by atoms with E-state index in [4.69, 9.17) is 17.3 Å². The topological polar surface area (TPSA) is 43.1 Å². The molecule has 0 aliphatic rings. The maximum Gasteiger partial charge on any atom is 0.198 e. The van der Waals surface area contributed by atoms with Crippen LogP contribution in [0.3, 0.4) is 0 Å². The van der Waals surface area contributed by atoms with Gasteiger partial charge >= 0.3 is 0 Å². The van der Waals surface area contributed by atoms with Crippen LogP contribution in [-0.4, -0.2) is 5.78 Å². The van der Waals surface area contributed by atoms with Crippen molar-refractivity contribution in [1.82, 2.24) is 0 Å². The van der Waals surface area contributed by atoms with E-state index in [-0.39, 0.29) is 16.8 Å². The van der Waals surface area contributed by atoms with Gasteiger partial charge in [-0.3, -0.25) is 4.79 Å². The van der Waals surface area contributed by atoms with E-state index in [1.54, 1.807) is 0 Å². The van der Waals surface area contributed by atoms with Crippen molar-refractivity contribution in [1.29, 1.82) is 0 Å². The highest BCUT2D eigenvalue weighted by atomic mass is 35.5. The Morgan fingerprint density at radius 3 is 2.56 bits per heavy atom. The molecule has 0 aliphatic heterocycles. The van der Waals surface area contributed by atoms with Gasteiger partial charge in [-0.2, -0.15) is 0 Å². The summed E-state index contributed by atoms with van der Waals surface area (Å²) in [5, 5.41) is 0.296. The number of carbonyl (C=O) groups is 1. The Morgan fingerprint density at radius 2 is 1.83 bits per heavy atom. The predicted octanol–water partition coefficient (Wildman–Crippen LogP) is 3.43. The summed E-state index contributed by atoms with van der Waals surface area (Å²) in [6, 6.07) is 7.66. The summed E-state index contributed by atoms with van der Waals surface area (Å²) in [5.74, 6) is -2.98. The highest BCUT2D eigenvalue weighted by Crippen LogP contribution is 2.23. The number of halogens is 3.